The first-order chi connectivity index (χ1) is 18.8. The number of phenols is 1. The van der Waals surface area contributed by atoms with Crippen LogP contribution in [-0.2, 0) is 12.5 Å². The Morgan fingerprint density at radius 3 is 1.75 bits per heavy atom. The number of rotatable bonds is 8. The summed E-state index contributed by atoms with van der Waals surface area (Å²) < 4.78 is 134. The van der Waals surface area contributed by atoms with E-state index < -0.39 is 75.0 Å². The van der Waals surface area contributed by atoms with Crippen molar-refractivity contribution >= 4 is 0 Å². The van der Waals surface area contributed by atoms with E-state index in [-0.39, 0.29) is 35.4 Å². The molecular weight excluding hydrogens is 551 g/mol. The lowest BCUT2D eigenvalue weighted by Crippen LogP contribution is -2.25. The highest BCUT2D eigenvalue weighted by Crippen LogP contribution is 2.40. The quantitative estimate of drug-likeness (QED) is 0.214. The second-order valence-corrected chi connectivity index (χ2v) is 8.90. The second-order valence-electron chi connectivity index (χ2n) is 8.90. The van der Waals surface area contributed by atoms with Gasteiger partial charge in [-0.15, -0.1) is 0 Å². The van der Waals surface area contributed by atoms with E-state index in [1.165, 1.54) is 12.1 Å². The van der Waals surface area contributed by atoms with Crippen LogP contribution in [0.1, 0.15) is 30.9 Å². The van der Waals surface area contributed by atoms with Gasteiger partial charge in [0.1, 0.15) is 40.4 Å². The third-order valence-corrected chi connectivity index (χ3v) is 6.06. The molecule has 4 aromatic carbocycles. The maximum Gasteiger partial charge on any atom is 0.432 e. The zero-order chi connectivity index (χ0) is 29.4. The van der Waals surface area contributed by atoms with Crippen molar-refractivity contribution in [3.63, 3.8) is 0 Å². The molecule has 0 aliphatic carbocycles. The number of alkyl halides is 2. The highest BCUT2D eigenvalue weighted by atomic mass is 19.3. The number of benzene rings is 4. The Morgan fingerprint density at radius 1 is 0.675 bits per heavy atom. The van der Waals surface area contributed by atoms with Crippen molar-refractivity contribution in [2.24, 2.45) is 0 Å². The summed E-state index contributed by atoms with van der Waals surface area (Å²) in [6, 6.07) is 6.41. The molecule has 2 nitrogen and oxygen atoms in total. The Labute approximate surface area is 222 Å². The van der Waals surface area contributed by atoms with Crippen LogP contribution in [0.5, 0.6) is 11.5 Å². The van der Waals surface area contributed by atoms with Gasteiger partial charge in [0.25, 0.3) is 0 Å². The molecule has 4 rings (SSSR count). The summed E-state index contributed by atoms with van der Waals surface area (Å²) in [5, 5.41) is 9.06. The van der Waals surface area contributed by atoms with E-state index in [9.17, 15) is 39.5 Å². The topological polar surface area (TPSA) is 29.5 Å². The molecule has 0 heterocycles. The van der Waals surface area contributed by atoms with Crippen LogP contribution in [-0.4, -0.2) is 5.11 Å². The minimum Gasteiger partial charge on any atom is -0.503 e. The van der Waals surface area contributed by atoms with Crippen LogP contribution in [0.4, 0.5) is 39.5 Å². The zero-order valence-electron chi connectivity index (χ0n) is 20.6. The van der Waals surface area contributed by atoms with Crippen LogP contribution in [0.25, 0.3) is 22.3 Å². The Hall–Kier alpha value is -4.15. The second kappa shape index (κ2) is 11.1. The summed E-state index contributed by atoms with van der Waals surface area (Å²) in [6.07, 6.45) is -2.54. The van der Waals surface area contributed by atoms with E-state index >= 15 is 0 Å². The number of hydrogen-bond acceptors (Lipinski definition) is 2. The zero-order valence-corrected chi connectivity index (χ0v) is 20.6. The summed E-state index contributed by atoms with van der Waals surface area (Å²) >= 11 is 0. The van der Waals surface area contributed by atoms with Gasteiger partial charge in [0.2, 0.25) is 0 Å². The third-order valence-electron chi connectivity index (χ3n) is 6.06. The van der Waals surface area contributed by atoms with E-state index in [4.69, 9.17) is 5.11 Å². The minimum absolute atomic E-state index is 0.129. The van der Waals surface area contributed by atoms with Gasteiger partial charge in [0.05, 0.1) is 5.56 Å². The normalized spacial score (nSPS) is 11.7. The first-order valence-electron chi connectivity index (χ1n) is 11.8. The van der Waals surface area contributed by atoms with Crippen molar-refractivity contribution in [3.8, 4) is 33.8 Å². The fourth-order valence-electron chi connectivity index (χ4n) is 4.13. The van der Waals surface area contributed by atoms with Gasteiger partial charge in [-0.3, -0.25) is 0 Å². The van der Waals surface area contributed by atoms with E-state index in [0.717, 1.165) is 25.0 Å². The van der Waals surface area contributed by atoms with Gasteiger partial charge in [-0.2, -0.15) is 8.78 Å². The van der Waals surface area contributed by atoms with Crippen molar-refractivity contribution in [2.75, 3.05) is 0 Å². The molecule has 0 spiro atoms. The average molecular weight is 570 g/mol. The van der Waals surface area contributed by atoms with Crippen LogP contribution >= 0.6 is 0 Å². The first-order valence-corrected chi connectivity index (χ1v) is 11.8. The fraction of sp³-hybridized carbons (Fsp3) is 0.172. The van der Waals surface area contributed by atoms with Crippen molar-refractivity contribution < 1.29 is 49.4 Å². The number of phenolic OH excluding ortho intramolecular Hbond substituents is 1. The molecule has 0 aromatic heterocycles. The van der Waals surface area contributed by atoms with Crippen molar-refractivity contribution in [1.29, 1.82) is 0 Å². The SMILES string of the molecule is CCCCc1ccc(-c2cc(F)c(-c3cc(F)c(C(F)(F)Oc4cc(F)c(O)c(F)c4)c(F)c3)c(F)c2)c(F)c1. The number of hydrogen-bond donors (Lipinski definition) is 1. The van der Waals surface area contributed by atoms with Gasteiger partial charge in [0.15, 0.2) is 17.4 Å². The van der Waals surface area contributed by atoms with E-state index in [0.29, 0.717) is 12.0 Å². The molecule has 0 unspecified atom stereocenters. The monoisotopic (exact) mass is 570 g/mol. The Kier molecular flexibility index (Phi) is 8.04. The van der Waals surface area contributed by atoms with Crippen LogP contribution in [0, 0.1) is 40.7 Å². The van der Waals surface area contributed by atoms with E-state index in [1.54, 1.807) is 6.07 Å². The summed E-state index contributed by atoms with van der Waals surface area (Å²) in [7, 11) is 0. The first kappa shape index (κ1) is 28.8. The number of aryl methyl sites for hydroxylation is 1. The predicted octanol–water partition coefficient (Wildman–Crippen LogP) is 9.17. The standard InChI is InChI=1S/C29H19F9O2/c1-2-3-4-14-5-6-18(19(30)7-14)15-8-20(31)26(21(32)9-15)16-10-22(33)27(23(34)11-16)29(37,38)40-17-12-24(35)28(39)25(36)13-17/h5-13,39H,2-4H2,1H3. The van der Waals surface area contributed by atoms with Crippen molar-refractivity contribution in [2.45, 2.75) is 32.3 Å². The summed E-state index contributed by atoms with van der Waals surface area (Å²) in [5.74, 6) is -13.5. The molecule has 0 radical (unpaired) electrons. The number of unbranched alkanes of at least 4 members (excludes halogenated alkanes) is 1. The largest absolute Gasteiger partial charge is 0.503 e. The van der Waals surface area contributed by atoms with Crippen molar-refractivity contribution in [3.05, 3.63) is 106 Å². The van der Waals surface area contributed by atoms with Gasteiger partial charge in [-0.25, -0.2) is 30.7 Å². The van der Waals surface area contributed by atoms with Crippen LogP contribution in [0.15, 0.2) is 54.6 Å². The fourth-order valence-corrected chi connectivity index (χ4v) is 4.13. The highest BCUT2D eigenvalue weighted by Gasteiger charge is 2.42. The molecule has 0 fully saturated rings. The molecule has 0 atom stereocenters. The molecule has 11 heteroatoms. The molecule has 0 aliphatic rings. The van der Waals surface area contributed by atoms with Crippen molar-refractivity contribution in [1.82, 2.24) is 0 Å². The molecule has 0 bridgehead atoms. The molecule has 210 valence electrons. The summed E-state index contributed by atoms with van der Waals surface area (Å²) in [6.45, 7) is 1.96. The van der Waals surface area contributed by atoms with Crippen LogP contribution in [0.3, 0.4) is 0 Å². The minimum atomic E-state index is -4.84. The lowest BCUT2D eigenvalue weighted by molar-refractivity contribution is -0.189. The van der Waals surface area contributed by atoms with Gasteiger partial charge in [0, 0.05) is 17.7 Å². The maximum atomic E-state index is 15.0. The van der Waals surface area contributed by atoms with Gasteiger partial charge in [-0.1, -0.05) is 25.5 Å². The molecular formula is C29H19F9O2. The average Bonchev–Trinajstić information content (AvgIpc) is 2.84. The third kappa shape index (κ3) is 5.73. The Morgan fingerprint density at radius 2 is 1.23 bits per heavy atom. The lowest BCUT2D eigenvalue weighted by atomic mass is 9.96. The van der Waals surface area contributed by atoms with Gasteiger partial charge in [-0.05, 0) is 59.9 Å². The molecule has 1 N–H and O–H groups in total. The van der Waals surface area contributed by atoms with Crippen LogP contribution in [0.2, 0.25) is 0 Å². The van der Waals surface area contributed by atoms with E-state index in [2.05, 4.69) is 4.74 Å². The molecule has 0 saturated heterocycles. The molecule has 0 amide bonds. The van der Waals surface area contributed by atoms with Gasteiger partial charge < -0.3 is 9.84 Å². The molecule has 0 aliphatic heterocycles. The summed E-state index contributed by atoms with van der Waals surface area (Å²) in [5.41, 5.74) is -3.42. The highest BCUT2D eigenvalue weighted by molar-refractivity contribution is 5.72. The predicted molar refractivity (Wildman–Crippen MR) is 128 cm³/mol. The Bertz CT molecular complexity index is 1520. The van der Waals surface area contributed by atoms with Gasteiger partial charge >= 0.3 is 6.11 Å². The summed E-state index contributed by atoms with van der Waals surface area (Å²) in [4.78, 5) is 0. The number of ether oxygens (including phenoxy) is 1. The number of aromatic hydroxyl groups is 1. The smallest absolute Gasteiger partial charge is 0.432 e. The number of halogens is 9. The molecule has 0 saturated carbocycles. The molecule has 4 aromatic rings. The van der Waals surface area contributed by atoms with Crippen LogP contribution < -0.4 is 4.74 Å². The maximum absolute atomic E-state index is 15.0. The molecule has 40 heavy (non-hydrogen) atoms. The van der Waals surface area contributed by atoms with E-state index in [1.807, 2.05) is 6.92 Å². The Balaban J connectivity index is 1.68. The lowest BCUT2D eigenvalue weighted by Gasteiger charge is -2.20.